The second kappa shape index (κ2) is 9.06. The fourth-order valence-electron chi connectivity index (χ4n) is 6.22. The first-order valence-electron chi connectivity index (χ1n) is 13.6. The number of anilines is 1. The number of aromatic nitrogens is 2. The minimum absolute atomic E-state index is 0.0303. The fourth-order valence-corrected chi connectivity index (χ4v) is 7.37. The molecule has 1 aliphatic carbocycles. The summed E-state index contributed by atoms with van der Waals surface area (Å²) < 4.78 is 1.77. The quantitative estimate of drug-likeness (QED) is 0.471. The molecule has 3 aromatic rings. The molecule has 7 nitrogen and oxygen atoms in total. The molecule has 1 amide bonds. The van der Waals surface area contributed by atoms with E-state index in [1.54, 1.807) is 15.9 Å². The Hall–Kier alpha value is -2.97. The molecular formula is C30H37N5O2S. The predicted molar refractivity (Wildman–Crippen MR) is 151 cm³/mol. The zero-order valence-corrected chi connectivity index (χ0v) is 23.8. The first-order valence-corrected chi connectivity index (χ1v) is 14.4. The van der Waals surface area contributed by atoms with Crippen LogP contribution in [0.3, 0.4) is 0 Å². The third kappa shape index (κ3) is 4.47. The van der Waals surface area contributed by atoms with Gasteiger partial charge in [0, 0.05) is 52.2 Å². The van der Waals surface area contributed by atoms with E-state index in [1.807, 2.05) is 11.1 Å². The summed E-state index contributed by atoms with van der Waals surface area (Å²) in [5.41, 5.74) is 5.11. The van der Waals surface area contributed by atoms with Crippen LogP contribution in [0, 0.1) is 13.8 Å². The SMILES string of the molecule is Cc1cc(C)cc(CNc2ncc3n(c2=O)[C@H](C(=O)N(Cc2cc4c(s2)CNC4)C(C)(C)C)CC32CC2)c1. The van der Waals surface area contributed by atoms with E-state index in [9.17, 15) is 9.59 Å². The van der Waals surface area contributed by atoms with Crippen LogP contribution < -0.4 is 16.2 Å². The van der Waals surface area contributed by atoms with Gasteiger partial charge in [0.05, 0.1) is 6.54 Å². The Morgan fingerprint density at radius 3 is 2.58 bits per heavy atom. The highest BCUT2D eigenvalue weighted by atomic mass is 32.1. The third-order valence-electron chi connectivity index (χ3n) is 8.25. The topological polar surface area (TPSA) is 79.3 Å². The van der Waals surface area contributed by atoms with Crippen molar-refractivity contribution in [3.63, 3.8) is 0 Å². The van der Waals surface area contributed by atoms with Crippen molar-refractivity contribution in [3.05, 3.63) is 78.5 Å². The predicted octanol–water partition coefficient (Wildman–Crippen LogP) is 4.94. The average molecular weight is 532 g/mol. The van der Waals surface area contributed by atoms with Gasteiger partial charge in [0.15, 0.2) is 5.82 Å². The number of rotatable bonds is 6. The van der Waals surface area contributed by atoms with Crippen molar-refractivity contribution in [3.8, 4) is 0 Å². The van der Waals surface area contributed by atoms with Gasteiger partial charge in [-0.15, -0.1) is 11.3 Å². The number of nitrogens with one attached hydrogen (secondary N) is 2. The zero-order valence-electron chi connectivity index (χ0n) is 23.0. The molecule has 2 aliphatic heterocycles. The molecule has 0 bridgehead atoms. The van der Waals surface area contributed by atoms with Gasteiger partial charge in [-0.05, 0) is 71.1 Å². The van der Waals surface area contributed by atoms with Crippen molar-refractivity contribution in [2.45, 2.75) is 97.1 Å². The van der Waals surface area contributed by atoms with E-state index in [0.717, 1.165) is 37.2 Å². The summed E-state index contributed by atoms with van der Waals surface area (Å²) in [4.78, 5) is 37.2. The van der Waals surface area contributed by atoms with Crippen LogP contribution in [0.25, 0.3) is 0 Å². The molecule has 1 spiro atoms. The molecule has 38 heavy (non-hydrogen) atoms. The molecule has 0 saturated heterocycles. The summed E-state index contributed by atoms with van der Waals surface area (Å²) >= 11 is 1.79. The van der Waals surface area contributed by atoms with E-state index in [4.69, 9.17) is 0 Å². The van der Waals surface area contributed by atoms with Gasteiger partial charge < -0.3 is 15.5 Å². The Kier molecular flexibility index (Phi) is 6.03. The third-order valence-corrected chi connectivity index (χ3v) is 9.42. The summed E-state index contributed by atoms with van der Waals surface area (Å²) in [6.45, 7) is 13.3. The van der Waals surface area contributed by atoms with Crippen molar-refractivity contribution < 1.29 is 4.79 Å². The zero-order chi connectivity index (χ0) is 26.8. The van der Waals surface area contributed by atoms with E-state index >= 15 is 0 Å². The first kappa shape index (κ1) is 25.3. The second-order valence-electron chi connectivity index (χ2n) is 12.4. The highest BCUT2D eigenvalue weighted by molar-refractivity contribution is 7.12. The largest absolute Gasteiger partial charge is 0.361 e. The van der Waals surface area contributed by atoms with Crippen LogP contribution >= 0.6 is 11.3 Å². The highest BCUT2D eigenvalue weighted by Crippen LogP contribution is 2.57. The molecule has 6 rings (SSSR count). The van der Waals surface area contributed by atoms with Gasteiger partial charge in [0.1, 0.15) is 6.04 Å². The molecule has 4 heterocycles. The van der Waals surface area contributed by atoms with Crippen molar-refractivity contribution in [1.82, 2.24) is 19.8 Å². The normalized spacial score (nSPS) is 18.9. The van der Waals surface area contributed by atoms with Gasteiger partial charge in [-0.25, -0.2) is 4.98 Å². The maximum absolute atomic E-state index is 14.3. The monoisotopic (exact) mass is 531 g/mol. The van der Waals surface area contributed by atoms with Gasteiger partial charge in [-0.2, -0.15) is 0 Å². The van der Waals surface area contributed by atoms with Crippen LogP contribution in [-0.2, 0) is 36.4 Å². The van der Waals surface area contributed by atoms with Gasteiger partial charge in [-0.1, -0.05) is 29.3 Å². The number of nitrogens with zero attached hydrogens (tertiary/aromatic N) is 3. The lowest BCUT2D eigenvalue weighted by Crippen LogP contribution is -2.48. The molecule has 200 valence electrons. The summed E-state index contributed by atoms with van der Waals surface area (Å²) in [6, 6.07) is 8.11. The van der Waals surface area contributed by atoms with E-state index in [2.05, 4.69) is 74.5 Å². The molecule has 3 aliphatic rings. The maximum Gasteiger partial charge on any atom is 0.294 e. The van der Waals surface area contributed by atoms with Crippen LogP contribution in [0.4, 0.5) is 5.82 Å². The van der Waals surface area contributed by atoms with Crippen LogP contribution in [0.2, 0.25) is 0 Å². The minimum Gasteiger partial charge on any atom is -0.361 e. The number of hydrogen-bond donors (Lipinski definition) is 2. The summed E-state index contributed by atoms with van der Waals surface area (Å²) in [6.07, 6.45) is 4.53. The minimum atomic E-state index is -0.502. The lowest BCUT2D eigenvalue weighted by Gasteiger charge is -2.37. The Bertz CT molecular complexity index is 1430. The van der Waals surface area contributed by atoms with Crippen molar-refractivity contribution in [2.75, 3.05) is 5.32 Å². The molecule has 1 saturated carbocycles. The summed E-state index contributed by atoms with van der Waals surface area (Å²) in [5.74, 6) is 0.343. The average Bonchev–Trinajstić information content (AvgIpc) is 3.14. The van der Waals surface area contributed by atoms with Gasteiger partial charge in [-0.3, -0.25) is 14.2 Å². The highest BCUT2D eigenvalue weighted by Gasteiger charge is 2.56. The Morgan fingerprint density at radius 2 is 1.92 bits per heavy atom. The molecular weight excluding hydrogens is 494 g/mol. The first-order chi connectivity index (χ1) is 18.0. The maximum atomic E-state index is 14.3. The number of carbonyl (C=O) groups is 1. The Morgan fingerprint density at radius 1 is 1.18 bits per heavy atom. The summed E-state index contributed by atoms with van der Waals surface area (Å²) in [7, 11) is 0. The van der Waals surface area contributed by atoms with Crippen LogP contribution in [0.15, 0.2) is 35.3 Å². The van der Waals surface area contributed by atoms with Gasteiger partial charge in [0.2, 0.25) is 5.91 Å². The number of aryl methyl sites for hydroxylation is 2. The number of carbonyl (C=O) groups excluding carboxylic acids is 1. The second-order valence-corrected chi connectivity index (χ2v) is 13.6. The number of thiophene rings is 1. The van der Waals surface area contributed by atoms with Crippen LogP contribution in [0.5, 0.6) is 0 Å². The van der Waals surface area contributed by atoms with E-state index in [-0.39, 0.29) is 22.4 Å². The molecule has 1 aromatic carbocycles. The smallest absolute Gasteiger partial charge is 0.294 e. The molecule has 0 unspecified atom stereocenters. The lowest BCUT2D eigenvalue weighted by atomic mass is 9.97. The molecule has 2 aromatic heterocycles. The molecule has 8 heteroatoms. The molecule has 1 fully saturated rings. The number of hydrogen-bond acceptors (Lipinski definition) is 6. The van der Waals surface area contributed by atoms with Gasteiger partial charge in [0.25, 0.3) is 5.56 Å². The van der Waals surface area contributed by atoms with Crippen molar-refractivity contribution in [2.24, 2.45) is 0 Å². The van der Waals surface area contributed by atoms with E-state index < -0.39 is 6.04 Å². The van der Waals surface area contributed by atoms with Crippen LogP contribution in [0.1, 0.15) is 83.8 Å². The van der Waals surface area contributed by atoms with Crippen molar-refractivity contribution >= 4 is 23.1 Å². The van der Waals surface area contributed by atoms with Crippen molar-refractivity contribution in [1.29, 1.82) is 0 Å². The molecule has 2 N–H and O–H groups in total. The Labute approximate surface area is 228 Å². The molecule has 0 radical (unpaired) electrons. The lowest BCUT2D eigenvalue weighted by molar-refractivity contribution is -0.140. The Balaban J connectivity index is 1.30. The van der Waals surface area contributed by atoms with Crippen LogP contribution in [-0.4, -0.2) is 25.9 Å². The number of benzene rings is 1. The molecule has 1 atom stereocenters. The number of amides is 1. The number of fused-ring (bicyclic) bond motifs is 3. The summed E-state index contributed by atoms with van der Waals surface area (Å²) in [5, 5.41) is 6.66. The fraction of sp³-hybridized carbons (Fsp3) is 0.500. The van der Waals surface area contributed by atoms with E-state index in [1.165, 1.54) is 26.4 Å². The van der Waals surface area contributed by atoms with Gasteiger partial charge >= 0.3 is 0 Å². The standard InChI is InChI=1S/C30H37N5O2S/c1-18-8-19(2)10-20(9-18)13-32-26-28(37)35-23(12-30(6-7-30)25(35)16-33-26)27(36)34(29(3,4)5)17-22-11-21-14-31-15-24(21)38-22/h8-11,16,23,31H,6-7,12-15,17H2,1-5H3,(H,32,33)/t23-/m0/s1. The van der Waals surface area contributed by atoms with E-state index in [0.29, 0.717) is 25.3 Å².